The van der Waals surface area contributed by atoms with Crippen LogP contribution in [0.4, 0.5) is 29.1 Å². The van der Waals surface area contributed by atoms with E-state index in [0.29, 0.717) is 134 Å². The second kappa shape index (κ2) is 50.5. The Morgan fingerprint density at radius 1 is 0.342 bits per heavy atom. The molecule has 5 aromatic carbocycles. The summed E-state index contributed by atoms with van der Waals surface area (Å²) in [7, 11) is 4.84. The minimum Gasteiger partial charge on any atom is -0.496 e. The molecule has 1 saturated carbocycles. The number of aromatic nitrogens is 20. The molecule has 0 radical (unpaired) electrons. The summed E-state index contributed by atoms with van der Waals surface area (Å²) in [6.45, 7) is 24.0. The van der Waals surface area contributed by atoms with E-state index >= 15 is 0 Å². The number of aromatic amines is 5. The molecule has 15 heterocycles. The Bertz CT molecular complexity index is 7380. The first-order valence-electron chi connectivity index (χ1n) is 51.3. The molecule has 5 aliphatic heterocycles. The molecular formula is C104H135ClN30O14. The van der Waals surface area contributed by atoms with Crippen LogP contribution in [-0.4, -0.2) is 266 Å². The number of benzene rings is 5. The predicted molar refractivity (Wildman–Crippen MR) is 570 cm³/mol. The Morgan fingerprint density at radius 3 is 0.960 bits per heavy atom. The predicted octanol–water partition coefficient (Wildman–Crippen LogP) is 9.56. The number of H-pyrrole nitrogens is 5. The number of imidazole rings is 5. The number of anilines is 5. The van der Waals surface area contributed by atoms with Crippen molar-refractivity contribution >= 4 is 96.5 Å². The number of unbranched alkanes of at least 4 members (excludes halogenated alkanes) is 1. The molecule has 21 rings (SSSR count). The summed E-state index contributed by atoms with van der Waals surface area (Å²) >= 11 is 6.42. The van der Waals surface area contributed by atoms with Crippen LogP contribution in [0.2, 0.25) is 5.02 Å². The van der Waals surface area contributed by atoms with Crippen molar-refractivity contribution in [3.8, 4) is 35.8 Å². The van der Waals surface area contributed by atoms with E-state index in [1.807, 2.05) is 74.5 Å². The standard InChI is InChI=1S/C21H28N6O4.C21H28N6O3.C21H26N6O2.C21H28N6O2.C20H25ClN6O3/c1-29-9-10-31-20-24-18(22)17-19(25-20)27(21(28)23-17)12-14-5-6-16(30-2)15(11-14)13-26-7-3-4-8-26;22-18-17-19(25-20(24-18)30-11-4-3-10-28)27(21(29)23-17)14-16-7-5-6-15(12-16)13-26-8-1-2-9-26;22-18-17-19(25-20(24-18)29-16-7-4-8-16)27(21(28)23-17)13-15-6-3-5-14(11-15)12-26-9-1-2-10-26;1-14(2)13-29-20-24-18(22)17-19(25-20)27(21(28)23-17)12-16-7-5-6-15(10-16)11-26-8-3-4-9-26;1-29-8-9-30-19-24-17(22)16-18(25-19)27(20(28)23-16)11-13-4-5-15(21)14(10-13)12-26-6-2-3-7-26/h5-6,11H,3-4,7-10,12-13H2,1-2H3,(H,23,28)(H2,22,24,25);5-7,12,28H,1-4,8-11,13-14H2,(H,23,29)(H2,22,24,25);3,5-6,11,16H,1-2,4,7-10,12-13H2,(H,23,28)(H2,22,24,25);5-7,10,14H,3-4,8-9,11-13H2,1-2H3,(H,23,28)(H2,22,24,25);4-5,10H,2-3,6-9,11-12H2,1H3,(H,23,28)(H2,22,24,25). The van der Waals surface area contributed by atoms with Gasteiger partial charge in [0.1, 0.15) is 52.7 Å². The summed E-state index contributed by atoms with van der Waals surface area (Å²) in [5.74, 6) is 2.14. The number of nitrogen functional groups attached to an aromatic ring is 5. The maximum atomic E-state index is 12.6. The minimum atomic E-state index is -0.309. The number of methoxy groups -OCH3 is 3. The fourth-order valence-electron chi connectivity index (χ4n) is 19.1. The molecule has 44 nitrogen and oxygen atoms in total. The molecule has 0 atom stereocenters. The van der Waals surface area contributed by atoms with Crippen molar-refractivity contribution in [1.29, 1.82) is 0 Å². The molecule has 45 heteroatoms. The van der Waals surface area contributed by atoms with E-state index in [0.717, 1.165) is 167 Å². The van der Waals surface area contributed by atoms with Crippen LogP contribution >= 0.6 is 11.6 Å². The molecule has 6 fully saturated rings. The van der Waals surface area contributed by atoms with Crippen molar-refractivity contribution < 1.29 is 43.0 Å². The molecule has 15 aromatic rings. The summed E-state index contributed by atoms with van der Waals surface area (Å²) in [5, 5.41) is 9.61. The maximum absolute atomic E-state index is 12.6. The second-order valence-corrected chi connectivity index (χ2v) is 39.2. The Labute approximate surface area is 864 Å². The first-order valence-corrected chi connectivity index (χ1v) is 51.7. The zero-order valence-corrected chi connectivity index (χ0v) is 86.0. The molecule has 5 saturated heterocycles. The van der Waals surface area contributed by atoms with E-state index in [4.69, 9.17) is 83.3 Å². The number of likely N-dealkylation sites (tertiary alicyclic amines) is 5. The summed E-state index contributed by atoms with van der Waals surface area (Å²) in [6.07, 6.45) is 17.1. The number of nitrogens with two attached hydrogens (primary N) is 5. The van der Waals surface area contributed by atoms with Crippen LogP contribution in [0.25, 0.3) is 55.8 Å². The maximum Gasteiger partial charge on any atom is 0.328 e. The Hall–Kier alpha value is -14.4. The van der Waals surface area contributed by atoms with Crippen LogP contribution in [0.5, 0.6) is 35.8 Å². The van der Waals surface area contributed by atoms with Gasteiger partial charge < -0.3 is 96.6 Å². The number of nitrogens with zero attached hydrogens (tertiary/aromatic N) is 20. The molecule has 1 aliphatic carbocycles. The van der Waals surface area contributed by atoms with E-state index in [-0.39, 0.29) is 114 Å². The highest BCUT2D eigenvalue weighted by molar-refractivity contribution is 6.31. The average Bonchev–Trinajstić information content (AvgIpc) is 1.68. The van der Waals surface area contributed by atoms with Gasteiger partial charge in [-0.15, -0.1) is 0 Å². The number of nitrogens with one attached hydrogen (secondary N) is 5. The molecule has 0 spiro atoms. The van der Waals surface area contributed by atoms with Crippen LogP contribution in [-0.2, 0) is 74.9 Å². The highest BCUT2D eigenvalue weighted by Crippen LogP contribution is 2.32. The smallest absolute Gasteiger partial charge is 0.328 e. The van der Waals surface area contributed by atoms with Gasteiger partial charge in [-0.3, -0.25) is 47.3 Å². The van der Waals surface area contributed by atoms with Crippen molar-refractivity contribution in [2.45, 2.75) is 182 Å². The molecule has 6 aliphatic rings. The topological polar surface area (TPSA) is 558 Å². The quantitative estimate of drug-likeness (QED) is 0.0160. The third-order valence-electron chi connectivity index (χ3n) is 27.0. The normalized spacial score (nSPS) is 15.2. The highest BCUT2D eigenvalue weighted by atomic mass is 35.5. The average molecular weight is 2060 g/mol. The number of hydrogen-bond acceptors (Lipinski definition) is 34. The van der Waals surface area contributed by atoms with E-state index in [9.17, 15) is 24.0 Å². The minimum absolute atomic E-state index is 0.107. The largest absolute Gasteiger partial charge is 0.496 e. The van der Waals surface area contributed by atoms with E-state index < -0.39 is 0 Å². The number of fused-ring (bicyclic) bond motifs is 5. The number of aliphatic hydroxyl groups is 1. The van der Waals surface area contributed by atoms with Crippen molar-refractivity contribution in [2.24, 2.45) is 5.92 Å². The van der Waals surface area contributed by atoms with Crippen molar-refractivity contribution in [3.05, 3.63) is 222 Å². The summed E-state index contributed by atoms with van der Waals surface area (Å²) in [4.78, 5) is 132. The SMILES string of the molecule is CC(C)COc1nc(N)c2[nH]c(=O)n(Cc3cccc(CN4CCCC4)c3)c2n1.COCCOc1nc(N)c2[nH]c(=O)n(Cc3ccc(Cl)c(CN4CCCC4)c3)c2n1.COCCOc1nc(N)c2[nH]c(=O)n(Cc3ccc(OC)c(CN4CCCC4)c3)c2n1.Nc1nc(OC2CCC2)nc2c1[nH]c(=O)n2Cc1cccc(CN2CCCC2)c1.Nc1nc(OCCCCO)nc2c1[nH]c(=O)n2Cc1cccc(CN2CCCC2)c1. The number of rotatable bonds is 39. The van der Waals surface area contributed by atoms with Gasteiger partial charge in [0, 0.05) is 64.1 Å². The third kappa shape index (κ3) is 27.6. The van der Waals surface area contributed by atoms with Crippen LogP contribution in [0, 0.1) is 5.92 Å². The number of hydrogen-bond donors (Lipinski definition) is 11. The first-order chi connectivity index (χ1) is 72.4. The van der Waals surface area contributed by atoms with Gasteiger partial charge >= 0.3 is 58.5 Å². The van der Waals surface area contributed by atoms with Gasteiger partial charge in [-0.25, -0.2) is 24.0 Å². The van der Waals surface area contributed by atoms with Crippen LogP contribution < -0.4 is 85.5 Å². The lowest BCUT2D eigenvalue weighted by Gasteiger charge is -2.25. The molecular weight excluding hydrogens is 1930 g/mol. The summed E-state index contributed by atoms with van der Waals surface area (Å²) in [5.41, 5.74) is 44.0. The van der Waals surface area contributed by atoms with Gasteiger partial charge in [0.15, 0.2) is 57.3 Å². The molecule has 0 amide bonds. The molecule has 16 N–H and O–H groups in total. The van der Waals surface area contributed by atoms with Crippen molar-refractivity contribution in [2.75, 3.05) is 162 Å². The monoisotopic (exact) mass is 2060 g/mol. The fraction of sp³-hybridized carbons (Fsp3) is 0.471. The van der Waals surface area contributed by atoms with Crippen molar-refractivity contribution in [1.82, 2.24) is 122 Å². The van der Waals surface area contributed by atoms with E-state index in [1.54, 1.807) is 35.0 Å². The van der Waals surface area contributed by atoms with Gasteiger partial charge in [0.05, 0.1) is 66.3 Å². The Morgan fingerprint density at radius 2 is 0.638 bits per heavy atom. The van der Waals surface area contributed by atoms with E-state index in [1.165, 1.54) is 90.0 Å². The number of aliphatic hydroxyl groups excluding tert-OH is 1. The van der Waals surface area contributed by atoms with Crippen LogP contribution in [0.1, 0.15) is 166 Å². The number of ether oxygens (including phenoxy) is 8. The molecule has 10 aromatic heterocycles. The summed E-state index contributed by atoms with van der Waals surface area (Å²) in [6, 6.07) is 37.7. The molecule has 0 bridgehead atoms. The van der Waals surface area contributed by atoms with Crippen LogP contribution in [0.3, 0.4) is 0 Å². The van der Waals surface area contributed by atoms with Gasteiger partial charge in [0.25, 0.3) is 0 Å². The van der Waals surface area contributed by atoms with Gasteiger partial charge in [-0.05, 0) is 236 Å². The van der Waals surface area contributed by atoms with Gasteiger partial charge in [-0.2, -0.15) is 49.8 Å². The third-order valence-corrected chi connectivity index (χ3v) is 27.3. The zero-order valence-electron chi connectivity index (χ0n) is 85.2. The van der Waals surface area contributed by atoms with Crippen molar-refractivity contribution in [3.63, 3.8) is 0 Å². The number of halogens is 1. The molecule has 792 valence electrons. The summed E-state index contributed by atoms with van der Waals surface area (Å²) < 4.78 is 51.3. The van der Waals surface area contributed by atoms with Gasteiger partial charge in [0.2, 0.25) is 0 Å². The fourth-order valence-corrected chi connectivity index (χ4v) is 19.3. The Balaban J connectivity index is 0.000000127. The highest BCUT2D eigenvalue weighted by Gasteiger charge is 2.28. The lowest BCUT2D eigenvalue weighted by molar-refractivity contribution is 0.109. The second-order valence-electron chi connectivity index (χ2n) is 38.8. The lowest BCUT2D eigenvalue weighted by Crippen LogP contribution is -2.25. The van der Waals surface area contributed by atoms with Crippen LogP contribution in [0.15, 0.2) is 133 Å². The van der Waals surface area contributed by atoms with Gasteiger partial charge in [-0.1, -0.05) is 116 Å². The lowest BCUT2D eigenvalue weighted by atomic mass is 9.96. The first kappa shape index (κ1) is 106. The van der Waals surface area contributed by atoms with E-state index in [2.05, 4.69) is 148 Å². The Kier molecular flexibility index (Phi) is 35.9. The zero-order chi connectivity index (χ0) is 104. The molecule has 0 unspecified atom stereocenters. The molecule has 149 heavy (non-hydrogen) atoms.